The molecule has 0 aliphatic carbocycles. The van der Waals surface area contributed by atoms with Crippen molar-refractivity contribution in [3.63, 3.8) is 0 Å². The fraction of sp³-hybridized carbons (Fsp3) is 0.474. The number of amides is 3. The fourth-order valence-electron chi connectivity index (χ4n) is 2.47. The van der Waals surface area contributed by atoms with Gasteiger partial charge in [-0.15, -0.1) is 0 Å². The van der Waals surface area contributed by atoms with Crippen molar-refractivity contribution in [1.82, 2.24) is 16.1 Å². The Kier molecular flexibility index (Phi) is 8.41. The van der Waals surface area contributed by atoms with Gasteiger partial charge in [-0.05, 0) is 56.5 Å². The van der Waals surface area contributed by atoms with Gasteiger partial charge in [0, 0.05) is 19.2 Å². The molecule has 0 aromatic heterocycles. The first-order valence-electron chi connectivity index (χ1n) is 9.19. The van der Waals surface area contributed by atoms with Crippen LogP contribution in [0.3, 0.4) is 0 Å². The molecule has 152 valence electrons. The first kappa shape index (κ1) is 21.4. The summed E-state index contributed by atoms with van der Waals surface area (Å²) in [6, 6.07) is 6.84. The molecule has 0 bridgehead atoms. The minimum absolute atomic E-state index is 0.0302. The third-order valence-corrected chi connectivity index (χ3v) is 3.80. The predicted octanol–water partition coefficient (Wildman–Crippen LogP) is 0.335. The molecule has 1 atom stereocenters. The van der Waals surface area contributed by atoms with Crippen LogP contribution in [0.1, 0.15) is 32.3 Å². The summed E-state index contributed by atoms with van der Waals surface area (Å²) in [5, 5.41) is 9.01. The largest absolute Gasteiger partial charge is 0.484 e. The maximum Gasteiger partial charge on any atom is 0.329 e. The molecule has 1 heterocycles. The second kappa shape index (κ2) is 11.0. The second-order valence-corrected chi connectivity index (χ2v) is 6.62. The summed E-state index contributed by atoms with van der Waals surface area (Å²) in [6.07, 6.45) is 3.21. The summed E-state index contributed by atoms with van der Waals surface area (Å²) in [7, 11) is 0. The molecule has 0 radical (unpaired) electrons. The van der Waals surface area contributed by atoms with Gasteiger partial charge in [0.15, 0.2) is 6.61 Å². The van der Waals surface area contributed by atoms with Gasteiger partial charge in [0.05, 0.1) is 12.3 Å². The lowest BCUT2D eigenvalue weighted by atomic mass is 10.2. The lowest BCUT2D eigenvalue weighted by Gasteiger charge is -2.10. The summed E-state index contributed by atoms with van der Waals surface area (Å²) in [6.45, 7) is 4.68. The van der Waals surface area contributed by atoms with Crippen LogP contribution in [0.4, 0.5) is 0 Å². The van der Waals surface area contributed by atoms with E-state index >= 15 is 0 Å². The second-order valence-electron chi connectivity index (χ2n) is 6.62. The first-order chi connectivity index (χ1) is 13.4. The Morgan fingerprint density at radius 3 is 2.64 bits per heavy atom. The molecule has 0 saturated carbocycles. The Balaban J connectivity index is 1.70. The van der Waals surface area contributed by atoms with E-state index in [1.54, 1.807) is 24.3 Å². The zero-order chi connectivity index (χ0) is 20.4. The molecule has 1 aromatic carbocycles. The van der Waals surface area contributed by atoms with Crippen molar-refractivity contribution in [3.8, 4) is 5.75 Å². The van der Waals surface area contributed by atoms with E-state index in [0.717, 1.165) is 12.8 Å². The standard InChI is InChI=1S/C19H26N4O5/c1-13(2)22-17(24)12-28-15-7-5-14(6-8-15)10-21-23-19(26)18(25)20-11-16-4-3-9-27-16/h5-8,10,13,16H,3-4,9,11-12H2,1-2H3,(H,20,25)(H,22,24)(H,23,26)/b21-10-/t16-/m1/s1. The topological polar surface area (TPSA) is 118 Å². The van der Waals surface area contributed by atoms with E-state index in [9.17, 15) is 14.4 Å². The monoisotopic (exact) mass is 390 g/mol. The van der Waals surface area contributed by atoms with Crippen molar-refractivity contribution >= 4 is 23.9 Å². The number of carbonyl (C=O) groups excluding carboxylic acids is 3. The summed E-state index contributed by atoms with van der Waals surface area (Å²) < 4.78 is 10.7. The van der Waals surface area contributed by atoms with Gasteiger partial charge < -0.3 is 20.1 Å². The van der Waals surface area contributed by atoms with Gasteiger partial charge in [-0.25, -0.2) is 5.43 Å². The molecule has 1 aliphatic heterocycles. The van der Waals surface area contributed by atoms with E-state index in [4.69, 9.17) is 9.47 Å². The van der Waals surface area contributed by atoms with E-state index in [1.165, 1.54) is 6.21 Å². The summed E-state index contributed by atoms with van der Waals surface area (Å²) >= 11 is 0. The number of nitrogens with zero attached hydrogens (tertiary/aromatic N) is 1. The van der Waals surface area contributed by atoms with E-state index in [1.807, 2.05) is 13.8 Å². The van der Waals surface area contributed by atoms with Crippen LogP contribution in [-0.4, -0.2) is 55.8 Å². The van der Waals surface area contributed by atoms with E-state index in [-0.39, 0.29) is 24.7 Å². The Morgan fingerprint density at radius 1 is 1.25 bits per heavy atom. The molecule has 9 heteroatoms. The number of hydrogen-bond acceptors (Lipinski definition) is 6. The van der Waals surface area contributed by atoms with Gasteiger partial charge in [-0.2, -0.15) is 5.10 Å². The zero-order valence-corrected chi connectivity index (χ0v) is 16.1. The number of hydrogen-bond donors (Lipinski definition) is 3. The Labute approximate surface area is 163 Å². The van der Waals surface area contributed by atoms with Crippen molar-refractivity contribution in [2.45, 2.75) is 38.8 Å². The molecule has 1 aliphatic rings. The molecule has 1 saturated heterocycles. The van der Waals surface area contributed by atoms with Crippen molar-refractivity contribution in [2.24, 2.45) is 5.10 Å². The molecule has 1 fully saturated rings. The lowest BCUT2D eigenvalue weighted by molar-refractivity contribution is -0.139. The fourth-order valence-corrected chi connectivity index (χ4v) is 2.47. The third kappa shape index (κ3) is 7.75. The van der Waals surface area contributed by atoms with Crippen molar-refractivity contribution < 1.29 is 23.9 Å². The summed E-state index contributed by atoms with van der Waals surface area (Å²) in [5.41, 5.74) is 2.87. The Morgan fingerprint density at radius 2 is 2.00 bits per heavy atom. The molecule has 0 unspecified atom stereocenters. The van der Waals surface area contributed by atoms with Crippen LogP contribution < -0.4 is 20.8 Å². The van der Waals surface area contributed by atoms with E-state index in [0.29, 0.717) is 24.5 Å². The van der Waals surface area contributed by atoms with Gasteiger partial charge in [0.1, 0.15) is 5.75 Å². The van der Waals surface area contributed by atoms with E-state index < -0.39 is 11.8 Å². The molecule has 2 rings (SSSR count). The van der Waals surface area contributed by atoms with Crippen molar-refractivity contribution in [1.29, 1.82) is 0 Å². The van der Waals surface area contributed by atoms with Crippen LogP contribution >= 0.6 is 0 Å². The van der Waals surface area contributed by atoms with Gasteiger partial charge in [0.25, 0.3) is 5.91 Å². The molecule has 3 N–H and O–H groups in total. The predicted molar refractivity (Wildman–Crippen MR) is 103 cm³/mol. The summed E-state index contributed by atoms with van der Waals surface area (Å²) in [4.78, 5) is 34.9. The molecule has 1 aromatic rings. The van der Waals surface area contributed by atoms with Gasteiger partial charge in [-0.1, -0.05) is 0 Å². The number of nitrogens with one attached hydrogen (secondary N) is 3. The van der Waals surface area contributed by atoms with Crippen LogP contribution in [-0.2, 0) is 19.1 Å². The Bertz CT molecular complexity index is 697. The highest BCUT2D eigenvalue weighted by atomic mass is 16.5. The smallest absolute Gasteiger partial charge is 0.329 e. The molecule has 0 spiro atoms. The molecule has 9 nitrogen and oxygen atoms in total. The average molecular weight is 390 g/mol. The maximum atomic E-state index is 11.7. The summed E-state index contributed by atoms with van der Waals surface area (Å²) in [5.74, 6) is -1.25. The SMILES string of the molecule is CC(C)NC(=O)COc1ccc(/C=N\NC(=O)C(=O)NC[C@H]2CCCO2)cc1. The zero-order valence-electron chi connectivity index (χ0n) is 16.1. The number of rotatable bonds is 8. The Hall–Kier alpha value is -2.94. The van der Waals surface area contributed by atoms with Crippen LogP contribution in [0.5, 0.6) is 5.75 Å². The highest BCUT2D eigenvalue weighted by Gasteiger charge is 2.18. The number of ether oxygens (including phenoxy) is 2. The highest BCUT2D eigenvalue weighted by Crippen LogP contribution is 2.11. The highest BCUT2D eigenvalue weighted by molar-refractivity contribution is 6.35. The minimum Gasteiger partial charge on any atom is -0.484 e. The number of carbonyl (C=O) groups is 3. The van der Waals surface area contributed by atoms with Gasteiger partial charge in [0.2, 0.25) is 0 Å². The molecular weight excluding hydrogens is 364 g/mol. The average Bonchev–Trinajstić information content (AvgIpc) is 3.18. The number of hydrazone groups is 1. The van der Waals surface area contributed by atoms with E-state index in [2.05, 4.69) is 21.2 Å². The molecule has 3 amide bonds. The van der Waals surface area contributed by atoms with Crippen molar-refractivity contribution in [2.75, 3.05) is 19.8 Å². The van der Waals surface area contributed by atoms with Crippen molar-refractivity contribution in [3.05, 3.63) is 29.8 Å². The third-order valence-electron chi connectivity index (χ3n) is 3.80. The van der Waals surface area contributed by atoms with Gasteiger partial charge in [-0.3, -0.25) is 14.4 Å². The molecule has 28 heavy (non-hydrogen) atoms. The normalized spacial score (nSPS) is 16.2. The maximum absolute atomic E-state index is 11.7. The minimum atomic E-state index is -0.842. The van der Waals surface area contributed by atoms with Crippen LogP contribution in [0.15, 0.2) is 29.4 Å². The van der Waals surface area contributed by atoms with Crippen LogP contribution in [0.2, 0.25) is 0 Å². The lowest BCUT2D eigenvalue weighted by Crippen LogP contribution is -2.41. The van der Waals surface area contributed by atoms with Crippen LogP contribution in [0.25, 0.3) is 0 Å². The molecular formula is C19H26N4O5. The quantitative estimate of drug-likeness (QED) is 0.336. The first-order valence-corrected chi connectivity index (χ1v) is 9.19. The number of benzene rings is 1. The van der Waals surface area contributed by atoms with Crippen LogP contribution in [0, 0.1) is 0 Å². The van der Waals surface area contributed by atoms with Gasteiger partial charge >= 0.3 is 11.8 Å².